The van der Waals surface area contributed by atoms with Crippen LogP contribution in [0.5, 0.6) is 0 Å². The number of benzene rings is 1. The zero-order valence-electron chi connectivity index (χ0n) is 14.0. The Balaban J connectivity index is 1.81. The molecule has 3 aromatic rings. The molecule has 0 aliphatic carbocycles. The first kappa shape index (κ1) is 15.8. The number of fused-ring (bicyclic) bond motifs is 1. The molecule has 2 aromatic heterocycles. The Hall–Kier alpha value is -3.09. The predicted octanol–water partition coefficient (Wildman–Crippen LogP) is 2.20. The van der Waals surface area contributed by atoms with Gasteiger partial charge >= 0.3 is 5.91 Å². The lowest BCUT2D eigenvalue weighted by Gasteiger charge is -2.01. The summed E-state index contributed by atoms with van der Waals surface area (Å²) in [5.74, 6) is -0.0300. The van der Waals surface area contributed by atoms with Crippen molar-refractivity contribution in [1.82, 2.24) is 25.0 Å². The SMILES string of the molecule is C/C(=N/NC(=O)c1nc2nc(C)cc(C)n2n1)c1ccc(C)cc1. The molecule has 7 nitrogen and oxygen atoms in total. The molecule has 1 amide bonds. The lowest BCUT2D eigenvalue weighted by atomic mass is 10.1. The van der Waals surface area contributed by atoms with E-state index in [4.69, 9.17) is 0 Å². The lowest BCUT2D eigenvalue weighted by molar-refractivity contribution is 0.0944. The molecular formula is C17H18N6O. The highest BCUT2D eigenvalue weighted by Gasteiger charge is 2.14. The van der Waals surface area contributed by atoms with Crippen molar-refractivity contribution in [3.05, 3.63) is 58.7 Å². The van der Waals surface area contributed by atoms with E-state index in [-0.39, 0.29) is 5.82 Å². The average Bonchev–Trinajstić information content (AvgIpc) is 2.97. The monoisotopic (exact) mass is 322 g/mol. The molecule has 0 radical (unpaired) electrons. The highest BCUT2D eigenvalue weighted by molar-refractivity contribution is 6.00. The zero-order chi connectivity index (χ0) is 17.3. The second-order valence-corrected chi connectivity index (χ2v) is 5.69. The number of hydrazone groups is 1. The Morgan fingerprint density at radius 2 is 1.83 bits per heavy atom. The fraction of sp³-hybridized carbons (Fsp3) is 0.235. The van der Waals surface area contributed by atoms with Gasteiger partial charge in [-0.25, -0.2) is 14.9 Å². The van der Waals surface area contributed by atoms with Crippen LogP contribution in [0.4, 0.5) is 0 Å². The van der Waals surface area contributed by atoms with Gasteiger partial charge in [0, 0.05) is 11.4 Å². The van der Waals surface area contributed by atoms with Crippen molar-refractivity contribution in [2.45, 2.75) is 27.7 Å². The first-order valence-electron chi connectivity index (χ1n) is 7.57. The molecule has 24 heavy (non-hydrogen) atoms. The number of aromatic nitrogens is 4. The minimum absolute atomic E-state index is 0.0386. The maximum Gasteiger partial charge on any atom is 0.311 e. The Morgan fingerprint density at radius 3 is 2.54 bits per heavy atom. The van der Waals surface area contributed by atoms with Gasteiger partial charge in [-0.05, 0) is 39.3 Å². The quantitative estimate of drug-likeness (QED) is 0.592. The maximum atomic E-state index is 12.2. The van der Waals surface area contributed by atoms with Gasteiger partial charge in [0.25, 0.3) is 5.78 Å². The highest BCUT2D eigenvalue weighted by Crippen LogP contribution is 2.06. The Kier molecular flexibility index (Phi) is 4.07. The summed E-state index contributed by atoms with van der Waals surface area (Å²) in [6.07, 6.45) is 0. The second kappa shape index (κ2) is 6.19. The number of aryl methyl sites for hydroxylation is 3. The summed E-state index contributed by atoms with van der Waals surface area (Å²) in [7, 11) is 0. The summed E-state index contributed by atoms with van der Waals surface area (Å²) in [5, 5.41) is 8.30. The molecule has 0 unspecified atom stereocenters. The molecule has 0 atom stereocenters. The minimum Gasteiger partial charge on any atom is -0.264 e. The van der Waals surface area contributed by atoms with Crippen LogP contribution in [0.3, 0.4) is 0 Å². The normalized spacial score (nSPS) is 11.8. The molecule has 1 aromatic carbocycles. The predicted molar refractivity (Wildman–Crippen MR) is 91.1 cm³/mol. The topological polar surface area (TPSA) is 84.5 Å². The molecule has 2 heterocycles. The summed E-state index contributed by atoms with van der Waals surface area (Å²) in [4.78, 5) is 20.6. The minimum atomic E-state index is -0.469. The van der Waals surface area contributed by atoms with Crippen molar-refractivity contribution in [2.75, 3.05) is 0 Å². The lowest BCUT2D eigenvalue weighted by Crippen LogP contribution is -2.20. The summed E-state index contributed by atoms with van der Waals surface area (Å²) in [6, 6.07) is 9.79. The van der Waals surface area contributed by atoms with Gasteiger partial charge in [-0.15, -0.1) is 5.10 Å². The van der Waals surface area contributed by atoms with Crippen molar-refractivity contribution in [3.8, 4) is 0 Å². The maximum absolute atomic E-state index is 12.2. The second-order valence-electron chi connectivity index (χ2n) is 5.69. The molecule has 0 fully saturated rings. The van der Waals surface area contributed by atoms with Crippen LogP contribution in [-0.4, -0.2) is 31.2 Å². The fourth-order valence-corrected chi connectivity index (χ4v) is 2.31. The number of rotatable bonds is 3. The number of nitrogens with one attached hydrogen (secondary N) is 1. The van der Waals surface area contributed by atoms with Crippen molar-refractivity contribution in [2.24, 2.45) is 5.10 Å². The van der Waals surface area contributed by atoms with Gasteiger partial charge in [-0.1, -0.05) is 29.8 Å². The van der Waals surface area contributed by atoms with E-state index in [1.54, 1.807) is 4.52 Å². The first-order valence-corrected chi connectivity index (χ1v) is 7.57. The van der Waals surface area contributed by atoms with E-state index in [0.29, 0.717) is 11.5 Å². The number of nitrogens with zero attached hydrogens (tertiary/aromatic N) is 5. The first-order chi connectivity index (χ1) is 11.4. The molecule has 0 saturated heterocycles. The third kappa shape index (κ3) is 3.15. The van der Waals surface area contributed by atoms with Gasteiger partial charge in [0.05, 0.1) is 5.71 Å². The van der Waals surface area contributed by atoms with Gasteiger partial charge in [0.2, 0.25) is 5.82 Å². The summed E-state index contributed by atoms with van der Waals surface area (Å²) < 4.78 is 1.54. The van der Waals surface area contributed by atoms with E-state index in [1.807, 2.05) is 58.0 Å². The van der Waals surface area contributed by atoms with Gasteiger partial charge in [0.1, 0.15) is 0 Å². The Labute approximate surface area is 139 Å². The van der Waals surface area contributed by atoms with Gasteiger partial charge < -0.3 is 0 Å². The summed E-state index contributed by atoms with van der Waals surface area (Å²) in [5.41, 5.74) is 7.00. The van der Waals surface area contributed by atoms with Crippen LogP contribution in [0.2, 0.25) is 0 Å². The van der Waals surface area contributed by atoms with E-state index >= 15 is 0 Å². The molecule has 0 aliphatic heterocycles. The molecule has 122 valence electrons. The average molecular weight is 322 g/mol. The summed E-state index contributed by atoms with van der Waals surface area (Å²) >= 11 is 0. The molecule has 3 rings (SSSR count). The van der Waals surface area contributed by atoms with E-state index in [2.05, 4.69) is 25.6 Å². The van der Waals surface area contributed by atoms with E-state index in [9.17, 15) is 4.79 Å². The molecule has 0 aliphatic rings. The number of carbonyl (C=O) groups excluding carboxylic acids is 1. The Bertz CT molecular complexity index is 940. The van der Waals surface area contributed by atoms with E-state index < -0.39 is 5.91 Å². The third-order valence-corrected chi connectivity index (χ3v) is 3.62. The molecule has 0 saturated carbocycles. The van der Waals surface area contributed by atoms with Crippen LogP contribution in [0.25, 0.3) is 5.78 Å². The van der Waals surface area contributed by atoms with Crippen LogP contribution in [0, 0.1) is 20.8 Å². The molecular weight excluding hydrogens is 304 g/mol. The number of carbonyl (C=O) groups is 1. The van der Waals surface area contributed by atoms with E-state index in [1.165, 1.54) is 5.56 Å². The molecule has 7 heteroatoms. The fourth-order valence-electron chi connectivity index (χ4n) is 2.31. The molecule has 1 N–H and O–H groups in total. The number of hydrogen-bond donors (Lipinski definition) is 1. The van der Waals surface area contributed by atoms with Crippen molar-refractivity contribution in [3.63, 3.8) is 0 Å². The Morgan fingerprint density at radius 1 is 1.12 bits per heavy atom. The van der Waals surface area contributed by atoms with Crippen LogP contribution < -0.4 is 5.43 Å². The van der Waals surface area contributed by atoms with E-state index in [0.717, 1.165) is 17.0 Å². The van der Waals surface area contributed by atoms with Crippen molar-refractivity contribution in [1.29, 1.82) is 0 Å². The number of hydrogen-bond acceptors (Lipinski definition) is 5. The zero-order valence-corrected chi connectivity index (χ0v) is 14.0. The van der Waals surface area contributed by atoms with Crippen LogP contribution in [0.1, 0.15) is 40.1 Å². The largest absolute Gasteiger partial charge is 0.311 e. The van der Waals surface area contributed by atoms with Gasteiger partial charge in [-0.3, -0.25) is 4.79 Å². The highest BCUT2D eigenvalue weighted by atomic mass is 16.2. The third-order valence-electron chi connectivity index (χ3n) is 3.62. The van der Waals surface area contributed by atoms with Crippen molar-refractivity contribution >= 4 is 17.4 Å². The number of amides is 1. The van der Waals surface area contributed by atoms with Crippen LogP contribution in [-0.2, 0) is 0 Å². The molecule has 0 bridgehead atoms. The smallest absolute Gasteiger partial charge is 0.264 e. The van der Waals surface area contributed by atoms with Crippen LogP contribution >= 0.6 is 0 Å². The molecule has 0 spiro atoms. The van der Waals surface area contributed by atoms with Gasteiger partial charge in [-0.2, -0.15) is 10.1 Å². The van der Waals surface area contributed by atoms with Gasteiger partial charge in [0.15, 0.2) is 0 Å². The van der Waals surface area contributed by atoms with Crippen molar-refractivity contribution < 1.29 is 4.79 Å². The standard InChI is InChI=1S/C17H18N6O/c1-10-5-7-14(8-6-10)13(4)20-21-16(24)15-19-17-18-11(2)9-12(3)23(17)22-15/h5-9H,1-4H3,(H,21,24)/b20-13-. The van der Waals surface area contributed by atoms with Crippen LogP contribution in [0.15, 0.2) is 35.4 Å². The summed E-state index contributed by atoms with van der Waals surface area (Å²) in [6.45, 7) is 7.61.